The van der Waals surface area contributed by atoms with E-state index >= 15 is 0 Å². The summed E-state index contributed by atoms with van der Waals surface area (Å²) in [6.07, 6.45) is 1.75. The molecule has 3 rings (SSSR count). The highest BCUT2D eigenvalue weighted by Gasteiger charge is 2.37. The van der Waals surface area contributed by atoms with Gasteiger partial charge in [0.1, 0.15) is 18.0 Å². The highest BCUT2D eigenvalue weighted by atomic mass is 32.1. The Bertz CT molecular complexity index is 484. The van der Waals surface area contributed by atoms with Crippen molar-refractivity contribution >= 4 is 22.6 Å². The number of nitrogens with zero attached hydrogens (tertiary/aromatic N) is 4. The maximum absolute atomic E-state index is 11.8. The third-order valence-corrected chi connectivity index (χ3v) is 4.76. The fourth-order valence-corrected chi connectivity index (χ4v) is 3.58. The molecule has 7 heteroatoms. The molecule has 2 atom stereocenters. The lowest BCUT2D eigenvalue weighted by Crippen LogP contribution is -2.51. The van der Waals surface area contributed by atoms with E-state index in [1.165, 1.54) is 11.5 Å². The van der Waals surface area contributed by atoms with E-state index in [0.717, 1.165) is 50.0 Å². The number of hydrogen-bond acceptors (Lipinski definition) is 7. The first-order valence-corrected chi connectivity index (χ1v) is 7.96. The van der Waals surface area contributed by atoms with E-state index in [1.807, 2.05) is 6.92 Å². The summed E-state index contributed by atoms with van der Waals surface area (Å²) in [5.41, 5.74) is 0. The Kier molecular flexibility index (Phi) is 3.89. The molecule has 0 aliphatic carbocycles. The molecule has 0 radical (unpaired) electrons. The first-order chi connectivity index (χ1) is 9.67. The van der Waals surface area contributed by atoms with Gasteiger partial charge >= 0.3 is 5.97 Å². The number of aromatic nitrogens is 2. The number of piperazine rings is 1. The van der Waals surface area contributed by atoms with Crippen LogP contribution < -0.4 is 4.90 Å². The quantitative estimate of drug-likeness (QED) is 0.773. The number of ether oxygens (including phenoxy) is 1. The molecule has 1 aromatic heterocycles. The van der Waals surface area contributed by atoms with Crippen LogP contribution in [0.2, 0.25) is 0 Å². The molecular weight excluding hydrogens is 276 g/mol. The van der Waals surface area contributed by atoms with E-state index in [4.69, 9.17) is 4.74 Å². The van der Waals surface area contributed by atoms with Crippen LogP contribution in [0, 0.1) is 0 Å². The van der Waals surface area contributed by atoms with Gasteiger partial charge in [0.05, 0.1) is 0 Å². The van der Waals surface area contributed by atoms with Crippen LogP contribution in [0.25, 0.3) is 0 Å². The van der Waals surface area contributed by atoms with E-state index in [-0.39, 0.29) is 18.1 Å². The summed E-state index contributed by atoms with van der Waals surface area (Å²) >= 11 is 1.47. The molecule has 0 spiro atoms. The van der Waals surface area contributed by atoms with Gasteiger partial charge < -0.3 is 9.64 Å². The highest BCUT2D eigenvalue weighted by molar-refractivity contribution is 7.09. The lowest BCUT2D eigenvalue weighted by molar-refractivity contribution is -0.144. The Morgan fingerprint density at radius 2 is 2.10 bits per heavy atom. The largest absolute Gasteiger partial charge is 0.461 e. The second kappa shape index (κ2) is 5.65. The van der Waals surface area contributed by atoms with Gasteiger partial charge in [-0.25, -0.2) is 4.98 Å². The highest BCUT2D eigenvalue weighted by Crippen LogP contribution is 2.24. The number of hydrogen-bond donors (Lipinski definition) is 0. The Balaban J connectivity index is 1.58. The van der Waals surface area contributed by atoms with Crippen molar-refractivity contribution in [2.75, 3.05) is 31.1 Å². The monoisotopic (exact) mass is 296 g/mol. The smallest absolute Gasteiger partial charge is 0.323 e. The van der Waals surface area contributed by atoms with Crippen LogP contribution in [0.5, 0.6) is 0 Å². The molecule has 2 aliphatic heterocycles. The summed E-state index contributed by atoms with van der Waals surface area (Å²) < 4.78 is 9.57. The number of carbonyl (C=O) groups excluding carboxylic acids is 1. The summed E-state index contributed by atoms with van der Waals surface area (Å²) in [6.45, 7) is 7.59. The Morgan fingerprint density at radius 3 is 2.65 bits per heavy atom. The van der Waals surface area contributed by atoms with Crippen molar-refractivity contribution in [2.24, 2.45) is 0 Å². The van der Waals surface area contributed by atoms with Gasteiger partial charge in [-0.1, -0.05) is 6.92 Å². The molecule has 2 aliphatic rings. The van der Waals surface area contributed by atoms with Crippen molar-refractivity contribution in [1.29, 1.82) is 0 Å². The third kappa shape index (κ3) is 2.64. The molecule has 0 saturated carbocycles. The van der Waals surface area contributed by atoms with Gasteiger partial charge in [-0.15, -0.1) is 0 Å². The number of aryl methyl sites for hydroxylation is 1. The summed E-state index contributed by atoms with van der Waals surface area (Å²) in [5, 5.41) is 1.00. The van der Waals surface area contributed by atoms with Crippen LogP contribution in [0.15, 0.2) is 0 Å². The van der Waals surface area contributed by atoms with Crippen molar-refractivity contribution in [2.45, 2.75) is 38.8 Å². The molecular formula is C13H20N4O2S. The molecule has 20 heavy (non-hydrogen) atoms. The number of carbonyl (C=O) groups is 1. The van der Waals surface area contributed by atoms with Crippen LogP contribution in [0.4, 0.5) is 5.13 Å². The van der Waals surface area contributed by atoms with Gasteiger partial charge in [-0.05, 0) is 6.92 Å². The molecule has 3 heterocycles. The minimum absolute atomic E-state index is 0.0484. The maximum atomic E-state index is 11.8. The fraction of sp³-hybridized carbons (Fsp3) is 0.769. The number of cyclic esters (lactones) is 1. The zero-order chi connectivity index (χ0) is 14.1. The zero-order valence-corrected chi connectivity index (χ0v) is 12.7. The minimum Gasteiger partial charge on any atom is -0.461 e. The van der Waals surface area contributed by atoms with Crippen molar-refractivity contribution < 1.29 is 9.53 Å². The van der Waals surface area contributed by atoms with Gasteiger partial charge in [0.15, 0.2) is 0 Å². The van der Waals surface area contributed by atoms with Crippen LogP contribution in [-0.4, -0.2) is 58.6 Å². The Labute approximate surface area is 122 Å². The van der Waals surface area contributed by atoms with Gasteiger partial charge in [-0.2, -0.15) is 4.37 Å². The second-order valence-corrected chi connectivity index (χ2v) is 6.10. The molecule has 110 valence electrons. The van der Waals surface area contributed by atoms with Crippen molar-refractivity contribution in [3.63, 3.8) is 0 Å². The normalized spacial score (nSPS) is 27.9. The predicted molar refractivity (Wildman–Crippen MR) is 77.0 cm³/mol. The lowest BCUT2D eigenvalue weighted by Gasteiger charge is -2.36. The second-order valence-electron chi connectivity index (χ2n) is 5.37. The SMILES string of the molecule is CCc1nsc(N2CCN([C@H]3C[C@H](C)OC3=O)CC2)n1. The summed E-state index contributed by atoms with van der Waals surface area (Å²) in [4.78, 5) is 20.8. The number of rotatable bonds is 3. The van der Waals surface area contributed by atoms with Crippen LogP contribution in [0.1, 0.15) is 26.1 Å². The average molecular weight is 296 g/mol. The van der Waals surface area contributed by atoms with E-state index in [9.17, 15) is 4.79 Å². The maximum Gasteiger partial charge on any atom is 0.323 e. The van der Waals surface area contributed by atoms with E-state index in [0.29, 0.717) is 0 Å². The molecule has 6 nitrogen and oxygen atoms in total. The molecule has 0 amide bonds. The first kappa shape index (κ1) is 13.8. The Morgan fingerprint density at radius 1 is 1.35 bits per heavy atom. The number of esters is 1. The van der Waals surface area contributed by atoms with Crippen LogP contribution >= 0.6 is 11.5 Å². The molecule has 0 aromatic carbocycles. The summed E-state index contributed by atoms with van der Waals surface area (Å²) in [5.74, 6) is 0.857. The van der Waals surface area contributed by atoms with Gasteiger partial charge in [-0.3, -0.25) is 9.69 Å². The zero-order valence-electron chi connectivity index (χ0n) is 11.9. The van der Waals surface area contributed by atoms with Gasteiger partial charge in [0.2, 0.25) is 5.13 Å². The van der Waals surface area contributed by atoms with Crippen LogP contribution in [0.3, 0.4) is 0 Å². The van der Waals surface area contributed by atoms with Gasteiger partial charge in [0, 0.05) is 50.6 Å². The predicted octanol–water partition coefficient (Wildman–Crippen LogP) is 0.926. The van der Waals surface area contributed by atoms with Crippen molar-refractivity contribution in [3.05, 3.63) is 5.82 Å². The Hall–Kier alpha value is -1.21. The molecule has 1 aromatic rings. The van der Waals surface area contributed by atoms with E-state index in [2.05, 4.69) is 26.1 Å². The summed E-state index contributed by atoms with van der Waals surface area (Å²) in [7, 11) is 0. The molecule has 2 saturated heterocycles. The van der Waals surface area contributed by atoms with Crippen molar-refractivity contribution in [3.8, 4) is 0 Å². The summed E-state index contributed by atoms with van der Waals surface area (Å²) in [6, 6.07) is -0.0484. The molecule has 0 bridgehead atoms. The topological polar surface area (TPSA) is 58.6 Å². The van der Waals surface area contributed by atoms with E-state index in [1.54, 1.807) is 0 Å². The minimum atomic E-state index is -0.0601. The fourth-order valence-electron chi connectivity index (χ4n) is 2.78. The molecule has 0 unspecified atom stereocenters. The first-order valence-electron chi connectivity index (χ1n) is 7.19. The van der Waals surface area contributed by atoms with Gasteiger partial charge in [0.25, 0.3) is 0 Å². The van der Waals surface area contributed by atoms with Crippen LogP contribution in [-0.2, 0) is 16.0 Å². The van der Waals surface area contributed by atoms with Crippen molar-refractivity contribution in [1.82, 2.24) is 14.3 Å². The van der Waals surface area contributed by atoms with E-state index < -0.39 is 0 Å². The average Bonchev–Trinajstić information content (AvgIpc) is 3.05. The lowest BCUT2D eigenvalue weighted by atomic mass is 10.1. The molecule has 2 fully saturated rings. The standard InChI is InChI=1S/C13H20N4O2S/c1-3-11-14-13(20-15-11)17-6-4-16(5-7-17)10-8-9(2)19-12(10)18/h9-10H,3-8H2,1-2H3/t9-,10-/m0/s1. The number of anilines is 1. The molecule has 0 N–H and O–H groups in total. The third-order valence-electron chi connectivity index (χ3n) is 3.94.